The molecule has 0 radical (unpaired) electrons. The molecule has 4 nitrogen and oxygen atoms in total. The van der Waals surface area contributed by atoms with E-state index in [1.54, 1.807) is 18.9 Å². The Balaban J connectivity index is 1.97. The predicted molar refractivity (Wildman–Crippen MR) is 156 cm³/mol. The number of halogens is 3. The SMILES string of the molecule is COc1cc(Br)c(NC(=O)CSCCCc2cc(C(C)(C)C)c(O)c(C(C)(C)C)c2)c(Br)c1Br. The van der Waals surface area contributed by atoms with Crippen LogP contribution < -0.4 is 10.1 Å². The van der Waals surface area contributed by atoms with Crippen LogP contribution in [0.4, 0.5) is 5.69 Å². The van der Waals surface area contributed by atoms with Crippen molar-refractivity contribution in [1.82, 2.24) is 0 Å². The van der Waals surface area contributed by atoms with Gasteiger partial charge in [0.05, 0.1) is 27.5 Å². The summed E-state index contributed by atoms with van der Waals surface area (Å²) in [7, 11) is 1.60. The molecule has 2 N–H and O–H groups in total. The quantitative estimate of drug-likeness (QED) is 0.217. The van der Waals surface area contributed by atoms with E-state index in [1.807, 2.05) is 6.07 Å². The number of hydrogen-bond acceptors (Lipinski definition) is 4. The lowest BCUT2D eigenvalue weighted by atomic mass is 9.78. The molecular formula is C26H34Br3NO3S. The van der Waals surface area contributed by atoms with E-state index in [2.05, 4.69) is 107 Å². The Hall–Kier alpha value is -0.700. The number of carbonyl (C=O) groups is 1. The molecule has 0 aromatic heterocycles. The Labute approximate surface area is 233 Å². The van der Waals surface area contributed by atoms with Crippen molar-refractivity contribution in [2.24, 2.45) is 0 Å². The van der Waals surface area contributed by atoms with E-state index in [0.717, 1.165) is 43.1 Å². The Morgan fingerprint density at radius 1 is 1.00 bits per heavy atom. The highest BCUT2D eigenvalue weighted by atomic mass is 79.9. The minimum atomic E-state index is -0.133. The minimum Gasteiger partial charge on any atom is -0.507 e. The van der Waals surface area contributed by atoms with Crippen LogP contribution in [-0.4, -0.2) is 29.6 Å². The van der Waals surface area contributed by atoms with Crippen molar-refractivity contribution in [3.63, 3.8) is 0 Å². The molecule has 0 aliphatic heterocycles. The smallest absolute Gasteiger partial charge is 0.234 e. The number of phenols is 1. The molecule has 8 heteroatoms. The summed E-state index contributed by atoms with van der Waals surface area (Å²) in [4.78, 5) is 12.5. The second kappa shape index (κ2) is 12.0. The van der Waals surface area contributed by atoms with Crippen molar-refractivity contribution in [3.05, 3.63) is 48.3 Å². The molecule has 0 aliphatic rings. The third-order valence-electron chi connectivity index (χ3n) is 5.38. The summed E-state index contributed by atoms with van der Waals surface area (Å²) in [5.74, 6) is 2.28. The van der Waals surface area contributed by atoms with Gasteiger partial charge < -0.3 is 15.2 Å². The number of amides is 1. The van der Waals surface area contributed by atoms with Crippen LogP contribution in [0.15, 0.2) is 31.6 Å². The number of ether oxygens (including phenoxy) is 1. The first-order valence-electron chi connectivity index (χ1n) is 11.1. The number of aromatic hydroxyl groups is 1. The molecule has 2 aromatic carbocycles. The van der Waals surface area contributed by atoms with Crippen molar-refractivity contribution in [2.75, 3.05) is 23.9 Å². The van der Waals surface area contributed by atoms with Gasteiger partial charge in [-0.15, -0.1) is 0 Å². The lowest BCUT2D eigenvalue weighted by molar-refractivity contribution is -0.113. The van der Waals surface area contributed by atoms with Gasteiger partial charge in [-0.2, -0.15) is 11.8 Å². The number of benzene rings is 2. The molecule has 0 saturated heterocycles. The van der Waals surface area contributed by atoms with E-state index in [9.17, 15) is 9.90 Å². The molecule has 0 unspecified atom stereocenters. The summed E-state index contributed by atoms with van der Waals surface area (Å²) in [6, 6.07) is 6.09. The van der Waals surface area contributed by atoms with E-state index in [0.29, 0.717) is 22.9 Å². The summed E-state index contributed by atoms with van der Waals surface area (Å²) in [6.45, 7) is 12.8. The van der Waals surface area contributed by atoms with Crippen LogP contribution in [0.1, 0.15) is 64.7 Å². The lowest BCUT2D eigenvalue weighted by Crippen LogP contribution is -2.18. The summed E-state index contributed by atoms with van der Waals surface area (Å²) in [5.41, 5.74) is 3.62. The number of rotatable bonds is 8. The maximum absolute atomic E-state index is 12.5. The van der Waals surface area contributed by atoms with Crippen molar-refractivity contribution < 1.29 is 14.6 Å². The average molecular weight is 680 g/mol. The third-order valence-corrected chi connectivity index (χ3v) is 9.16. The summed E-state index contributed by atoms with van der Waals surface area (Å²) in [5, 5.41) is 13.9. The molecule has 0 atom stereocenters. The molecule has 0 bridgehead atoms. The van der Waals surface area contributed by atoms with Gasteiger partial charge >= 0.3 is 0 Å². The van der Waals surface area contributed by atoms with E-state index >= 15 is 0 Å². The van der Waals surface area contributed by atoms with Gasteiger partial charge in [0.15, 0.2) is 0 Å². The number of aryl methyl sites for hydroxylation is 1. The van der Waals surface area contributed by atoms with E-state index in [-0.39, 0.29) is 16.7 Å². The zero-order chi connectivity index (χ0) is 25.8. The maximum atomic E-state index is 12.5. The minimum absolute atomic E-state index is 0.0573. The molecule has 0 heterocycles. The van der Waals surface area contributed by atoms with E-state index in [4.69, 9.17) is 4.74 Å². The number of carbonyl (C=O) groups excluding carboxylic acids is 1. The molecular weight excluding hydrogens is 646 g/mol. The van der Waals surface area contributed by atoms with Gasteiger partial charge in [0.2, 0.25) is 5.91 Å². The summed E-state index contributed by atoms with van der Waals surface area (Å²) >= 11 is 12.1. The highest BCUT2D eigenvalue weighted by molar-refractivity contribution is 9.13. The Morgan fingerprint density at radius 2 is 1.56 bits per heavy atom. The highest BCUT2D eigenvalue weighted by Gasteiger charge is 2.26. The number of phenolic OH excluding ortho intramolecular Hbond substituents is 1. The zero-order valence-corrected chi connectivity index (χ0v) is 26.4. The van der Waals surface area contributed by atoms with Crippen molar-refractivity contribution >= 4 is 71.1 Å². The molecule has 2 aromatic rings. The maximum Gasteiger partial charge on any atom is 0.234 e. The standard InChI is InChI=1S/C26H34Br3NO3S/c1-25(2,3)16-11-15(12-17(24(16)32)26(4,5)6)9-8-10-34-14-20(31)30-23-18(27)13-19(33-7)21(28)22(23)29/h11-13,32H,8-10,14H2,1-7H3,(H,30,31). The lowest BCUT2D eigenvalue weighted by Gasteiger charge is -2.28. The molecule has 0 saturated carbocycles. The normalized spacial score (nSPS) is 12.1. The predicted octanol–water partition coefficient (Wildman–Crippen LogP) is 8.59. The molecule has 1 amide bonds. The topological polar surface area (TPSA) is 58.6 Å². The Bertz CT molecular complexity index is 1010. The Kier molecular flexibility index (Phi) is 10.4. The van der Waals surface area contributed by atoms with E-state index < -0.39 is 0 Å². The molecule has 2 rings (SSSR count). The van der Waals surface area contributed by atoms with Gasteiger partial charge in [-0.1, -0.05) is 53.7 Å². The molecule has 34 heavy (non-hydrogen) atoms. The average Bonchev–Trinajstić information content (AvgIpc) is 2.72. The van der Waals surface area contributed by atoms with Gasteiger partial charge in [-0.05, 0) is 100.0 Å². The number of hydrogen-bond donors (Lipinski definition) is 2. The molecule has 0 aliphatic carbocycles. The van der Waals surface area contributed by atoms with Crippen molar-refractivity contribution in [3.8, 4) is 11.5 Å². The monoisotopic (exact) mass is 677 g/mol. The van der Waals surface area contributed by atoms with Crippen LogP contribution in [0.5, 0.6) is 11.5 Å². The van der Waals surface area contributed by atoms with Crippen LogP contribution in [0.25, 0.3) is 0 Å². The Morgan fingerprint density at radius 3 is 2.06 bits per heavy atom. The fourth-order valence-electron chi connectivity index (χ4n) is 3.54. The van der Waals surface area contributed by atoms with Crippen LogP contribution in [0.3, 0.4) is 0 Å². The van der Waals surface area contributed by atoms with Crippen LogP contribution >= 0.6 is 59.6 Å². The number of nitrogens with one attached hydrogen (secondary N) is 1. The molecule has 0 spiro atoms. The number of methoxy groups -OCH3 is 1. The van der Waals surface area contributed by atoms with Crippen LogP contribution in [0.2, 0.25) is 0 Å². The van der Waals surface area contributed by atoms with Crippen molar-refractivity contribution in [1.29, 1.82) is 0 Å². The van der Waals surface area contributed by atoms with Gasteiger partial charge in [0.25, 0.3) is 0 Å². The largest absolute Gasteiger partial charge is 0.507 e. The summed E-state index contributed by atoms with van der Waals surface area (Å²) in [6.07, 6.45) is 1.86. The molecule has 0 fully saturated rings. The third kappa shape index (κ3) is 7.65. The van der Waals surface area contributed by atoms with Gasteiger partial charge in [0, 0.05) is 4.47 Å². The van der Waals surface area contributed by atoms with Crippen molar-refractivity contribution in [2.45, 2.75) is 65.2 Å². The fraction of sp³-hybridized carbons (Fsp3) is 0.500. The molecule has 188 valence electrons. The first-order valence-corrected chi connectivity index (χ1v) is 14.7. The van der Waals surface area contributed by atoms with Gasteiger partial charge in [-0.3, -0.25) is 4.79 Å². The number of anilines is 1. The fourth-order valence-corrected chi connectivity index (χ4v) is 6.04. The number of thioether (sulfide) groups is 1. The summed E-state index contributed by atoms with van der Waals surface area (Å²) < 4.78 is 7.54. The van der Waals surface area contributed by atoms with E-state index in [1.165, 1.54) is 5.56 Å². The van der Waals surface area contributed by atoms with Crippen LogP contribution in [-0.2, 0) is 22.0 Å². The van der Waals surface area contributed by atoms with Gasteiger partial charge in [0.1, 0.15) is 11.5 Å². The van der Waals surface area contributed by atoms with Gasteiger partial charge in [-0.25, -0.2) is 0 Å². The second-order valence-electron chi connectivity index (χ2n) is 10.3. The first-order chi connectivity index (χ1) is 15.7. The second-order valence-corrected chi connectivity index (χ2v) is 13.9. The first kappa shape index (κ1) is 29.5. The zero-order valence-electron chi connectivity index (χ0n) is 20.9. The highest BCUT2D eigenvalue weighted by Crippen LogP contribution is 2.43. The van der Waals surface area contributed by atoms with Crippen LogP contribution in [0, 0.1) is 0 Å².